The number of halogens is 1. The number of hydrogen-bond acceptors (Lipinski definition) is 6. The molecule has 38 heavy (non-hydrogen) atoms. The number of aromatic nitrogens is 4. The minimum absolute atomic E-state index is 0.198. The molecule has 4 aromatic rings. The number of nitrogens with zero attached hydrogens (tertiary/aromatic N) is 4. The molecule has 1 saturated heterocycles. The molecule has 192 valence electrons. The Morgan fingerprint density at radius 2 is 2.05 bits per heavy atom. The summed E-state index contributed by atoms with van der Waals surface area (Å²) >= 11 is 0. The first-order chi connectivity index (χ1) is 18.4. The van der Waals surface area contributed by atoms with Gasteiger partial charge in [-0.05, 0) is 67.9 Å². The van der Waals surface area contributed by atoms with Gasteiger partial charge in [0.1, 0.15) is 5.76 Å². The van der Waals surface area contributed by atoms with Crippen LogP contribution in [0.2, 0.25) is 0 Å². The standard InChI is InChI=1S/C29H27FN6O2/c1-29(30)10-3-2-5-25(29)38-26-9-7-22(17-32-26)33-28(37)27-23-14-20(6-8-24(23)34-35-27)21-13-19(15-31-16-21)18-36-11-4-12-36/h2-3,5-9,13-17H,4,10-12,18H2,1H3,(H,33,37)(H,34,35). The zero-order chi connectivity index (χ0) is 26.1. The van der Waals surface area contributed by atoms with Crippen molar-refractivity contribution in [1.82, 2.24) is 25.1 Å². The van der Waals surface area contributed by atoms with Gasteiger partial charge in [0, 0.05) is 42.4 Å². The summed E-state index contributed by atoms with van der Waals surface area (Å²) in [4.78, 5) is 24.1. The highest BCUT2D eigenvalue weighted by molar-refractivity contribution is 6.11. The van der Waals surface area contributed by atoms with Gasteiger partial charge >= 0.3 is 0 Å². The zero-order valence-electron chi connectivity index (χ0n) is 20.9. The lowest BCUT2D eigenvalue weighted by molar-refractivity contribution is 0.102. The normalized spacial score (nSPS) is 19.2. The fraction of sp³-hybridized carbons (Fsp3) is 0.241. The Kier molecular flexibility index (Phi) is 6.21. The molecule has 1 amide bonds. The van der Waals surface area contributed by atoms with Gasteiger partial charge in [0.2, 0.25) is 5.88 Å². The third-order valence-electron chi connectivity index (χ3n) is 6.87. The molecule has 1 aromatic carbocycles. The number of anilines is 1. The van der Waals surface area contributed by atoms with Crippen molar-refractivity contribution in [3.05, 3.63) is 90.2 Å². The third kappa shape index (κ3) is 4.92. The predicted octanol–water partition coefficient (Wildman–Crippen LogP) is 5.43. The topological polar surface area (TPSA) is 96.0 Å². The lowest BCUT2D eigenvalue weighted by atomic mass is 9.97. The maximum Gasteiger partial charge on any atom is 0.276 e. The van der Waals surface area contributed by atoms with Crippen LogP contribution in [0.25, 0.3) is 22.0 Å². The number of likely N-dealkylation sites (tertiary alicyclic amines) is 1. The van der Waals surface area contributed by atoms with E-state index in [-0.39, 0.29) is 29.7 Å². The van der Waals surface area contributed by atoms with Crippen molar-refractivity contribution in [2.24, 2.45) is 0 Å². The average molecular weight is 511 g/mol. The van der Waals surface area contributed by atoms with Crippen molar-refractivity contribution >= 4 is 22.5 Å². The first-order valence-corrected chi connectivity index (χ1v) is 12.6. The maximum absolute atomic E-state index is 14.6. The van der Waals surface area contributed by atoms with Crippen molar-refractivity contribution in [1.29, 1.82) is 0 Å². The summed E-state index contributed by atoms with van der Waals surface area (Å²) in [5.41, 5.74) is 3.03. The highest BCUT2D eigenvalue weighted by Crippen LogP contribution is 2.31. The number of nitrogens with one attached hydrogen (secondary N) is 2. The number of pyridine rings is 2. The molecule has 0 bridgehead atoms. The van der Waals surface area contributed by atoms with Crippen LogP contribution < -0.4 is 10.1 Å². The fourth-order valence-electron chi connectivity index (χ4n) is 4.57. The summed E-state index contributed by atoms with van der Waals surface area (Å²) in [7, 11) is 0. The first kappa shape index (κ1) is 24.0. The van der Waals surface area contributed by atoms with E-state index in [0.29, 0.717) is 11.1 Å². The summed E-state index contributed by atoms with van der Waals surface area (Å²) in [6, 6.07) is 11.3. The highest BCUT2D eigenvalue weighted by atomic mass is 19.1. The largest absolute Gasteiger partial charge is 0.440 e. The number of fused-ring (bicyclic) bond motifs is 1. The number of allylic oxidation sites excluding steroid dienone is 4. The number of benzene rings is 1. The van der Waals surface area contributed by atoms with E-state index in [1.165, 1.54) is 25.1 Å². The summed E-state index contributed by atoms with van der Waals surface area (Å²) in [6.45, 7) is 4.61. The molecule has 6 rings (SSSR count). The van der Waals surface area contributed by atoms with Crippen LogP contribution in [-0.4, -0.2) is 49.7 Å². The molecule has 0 spiro atoms. The summed E-state index contributed by atoms with van der Waals surface area (Å²) in [5, 5.41) is 10.7. The third-order valence-corrected chi connectivity index (χ3v) is 6.87. The Morgan fingerprint density at radius 1 is 1.16 bits per heavy atom. The Balaban J connectivity index is 1.18. The molecule has 1 fully saturated rings. The van der Waals surface area contributed by atoms with E-state index >= 15 is 0 Å². The second-order valence-electron chi connectivity index (χ2n) is 9.85. The molecule has 4 heterocycles. The molecule has 9 heteroatoms. The van der Waals surface area contributed by atoms with Gasteiger partial charge in [0.25, 0.3) is 5.91 Å². The number of carbonyl (C=O) groups excluding carboxylic acids is 1. The molecule has 1 aliphatic carbocycles. The van der Waals surface area contributed by atoms with Gasteiger partial charge in [-0.1, -0.05) is 18.2 Å². The number of aromatic amines is 1. The van der Waals surface area contributed by atoms with Crippen LogP contribution >= 0.6 is 0 Å². The van der Waals surface area contributed by atoms with Gasteiger partial charge in [0.05, 0.1) is 17.4 Å². The zero-order valence-corrected chi connectivity index (χ0v) is 20.9. The Hall–Kier alpha value is -4.37. The summed E-state index contributed by atoms with van der Waals surface area (Å²) in [6.07, 6.45) is 11.8. The molecule has 1 aliphatic heterocycles. The summed E-state index contributed by atoms with van der Waals surface area (Å²) in [5.74, 6) is 0.0718. The monoisotopic (exact) mass is 510 g/mol. The van der Waals surface area contributed by atoms with Crippen molar-refractivity contribution < 1.29 is 13.9 Å². The maximum atomic E-state index is 14.6. The van der Waals surface area contributed by atoms with Gasteiger partial charge in [-0.25, -0.2) is 9.37 Å². The Labute approximate surface area is 219 Å². The minimum Gasteiger partial charge on any atom is -0.440 e. The van der Waals surface area contributed by atoms with E-state index in [4.69, 9.17) is 4.74 Å². The molecule has 1 atom stereocenters. The van der Waals surface area contributed by atoms with Crippen LogP contribution in [0, 0.1) is 0 Å². The molecule has 8 nitrogen and oxygen atoms in total. The van der Waals surface area contributed by atoms with E-state index in [1.807, 2.05) is 30.6 Å². The van der Waals surface area contributed by atoms with E-state index in [2.05, 4.69) is 36.4 Å². The molecule has 2 aliphatic rings. The SMILES string of the molecule is CC1(F)CC=CC=C1Oc1ccc(NC(=O)c2n[nH]c3ccc(-c4cncc(CN5CCC5)c4)cc23)cn1. The Bertz CT molecular complexity index is 1550. The molecular formula is C29H27FN6O2. The number of rotatable bonds is 7. The van der Waals surface area contributed by atoms with Gasteiger partial charge < -0.3 is 10.1 Å². The smallest absolute Gasteiger partial charge is 0.276 e. The molecule has 3 aromatic heterocycles. The molecule has 1 unspecified atom stereocenters. The lowest BCUT2D eigenvalue weighted by Crippen LogP contribution is -2.36. The highest BCUT2D eigenvalue weighted by Gasteiger charge is 2.31. The van der Waals surface area contributed by atoms with Gasteiger partial charge in [-0.15, -0.1) is 0 Å². The van der Waals surface area contributed by atoms with Crippen molar-refractivity contribution in [2.75, 3.05) is 18.4 Å². The molecule has 0 radical (unpaired) electrons. The fourth-order valence-corrected chi connectivity index (χ4v) is 4.57. The number of H-pyrrole nitrogens is 1. The van der Waals surface area contributed by atoms with Crippen LogP contribution in [0.3, 0.4) is 0 Å². The quantitative estimate of drug-likeness (QED) is 0.344. The van der Waals surface area contributed by atoms with E-state index in [1.54, 1.807) is 30.4 Å². The number of hydrogen-bond donors (Lipinski definition) is 2. The number of alkyl halides is 1. The molecule has 0 saturated carbocycles. The number of ether oxygens (including phenoxy) is 1. The van der Waals surface area contributed by atoms with Gasteiger partial charge in [0.15, 0.2) is 11.4 Å². The molecule has 2 N–H and O–H groups in total. The molecular weight excluding hydrogens is 483 g/mol. The van der Waals surface area contributed by atoms with E-state index < -0.39 is 5.67 Å². The predicted molar refractivity (Wildman–Crippen MR) is 143 cm³/mol. The first-order valence-electron chi connectivity index (χ1n) is 12.6. The van der Waals surface area contributed by atoms with E-state index in [9.17, 15) is 9.18 Å². The lowest BCUT2D eigenvalue weighted by Gasteiger charge is -2.30. The van der Waals surface area contributed by atoms with Crippen LogP contribution in [0.1, 0.15) is 35.8 Å². The second kappa shape index (κ2) is 9.83. The van der Waals surface area contributed by atoms with Crippen LogP contribution in [-0.2, 0) is 6.54 Å². The van der Waals surface area contributed by atoms with Crippen LogP contribution in [0.15, 0.2) is 79.0 Å². The van der Waals surface area contributed by atoms with Crippen LogP contribution in [0.4, 0.5) is 10.1 Å². The minimum atomic E-state index is -1.59. The van der Waals surface area contributed by atoms with Crippen molar-refractivity contribution in [3.8, 4) is 17.0 Å². The van der Waals surface area contributed by atoms with Crippen molar-refractivity contribution in [3.63, 3.8) is 0 Å². The average Bonchev–Trinajstić information content (AvgIpc) is 3.32. The van der Waals surface area contributed by atoms with Crippen molar-refractivity contribution in [2.45, 2.75) is 32.0 Å². The van der Waals surface area contributed by atoms with Gasteiger partial charge in [-0.2, -0.15) is 5.10 Å². The summed E-state index contributed by atoms with van der Waals surface area (Å²) < 4.78 is 20.3. The van der Waals surface area contributed by atoms with E-state index in [0.717, 1.165) is 36.3 Å². The Morgan fingerprint density at radius 3 is 2.82 bits per heavy atom. The number of amides is 1. The second-order valence-corrected chi connectivity index (χ2v) is 9.85. The van der Waals surface area contributed by atoms with Gasteiger partial charge in [-0.3, -0.25) is 19.8 Å². The van der Waals surface area contributed by atoms with Crippen LogP contribution in [0.5, 0.6) is 5.88 Å². The number of carbonyl (C=O) groups is 1.